The van der Waals surface area contributed by atoms with Crippen molar-refractivity contribution in [2.75, 3.05) is 31.1 Å². The van der Waals surface area contributed by atoms with Crippen LogP contribution in [0.3, 0.4) is 0 Å². The fourth-order valence-electron chi connectivity index (χ4n) is 3.84. The molecule has 0 bridgehead atoms. The number of thioether (sulfide) groups is 1. The molecule has 11 nitrogen and oxygen atoms in total. The van der Waals surface area contributed by atoms with Crippen molar-refractivity contribution >= 4 is 34.7 Å². The highest BCUT2D eigenvalue weighted by Crippen LogP contribution is 2.35. The molecule has 0 spiro atoms. The molecule has 12 heteroatoms. The number of ether oxygens (including phenoxy) is 1. The van der Waals surface area contributed by atoms with Gasteiger partial charge in [0, 0.05) is 11.0 Å². The Morgan fingerprint density at radius 3 is 2.72 bits per heavy atom. The molecule has 0 aromatic carbocycles. The predicted molar refractivity (Wildman–Crippen MR) is 107 cm³/mol. The second-order valence-corrected chi connectivity index (χ2v) is 8.74. The van der Waals surface area contributed by atoms with Gasteiger partial charge < -0.3 is 26.4 Å². The Hall–Kier alpha value is -1.99. The van der Waals surface area contributed by atoms with E-state index in [2.05, 4.69) is 19.9 Å². The van der Waals surface area contributed by atoms with Gasteiger partial charge >= 0.3 is 0 Å². The van der Waals surface area contributed by atoms with Crippen LogP contribution in [-0.2, 0) is 9.53 Å². The highest BCUT2D eigenvalue weighted by molar-refractivity contribution is 7.99. The third-order valence-corrected chi connectivity index (χ3v) is 6.87. The summed E-state index contributed by atoms with van der Waals surface area (Å²) in [7, 11) is 0. The molecule has 4 unspecified atom stereocenters. The van der Waals surface area contributed by atoms with E-state index in [1.54, 1.807) is 16.3 Å². The number of primary amides is 1. The monoisotopic (exact) mass is 423 g/mol. The minimum atomic E-state index is -1.10. The Labute approximate surface area is 171 Å². The molecule has 158 valence electrons. The van der Waals surface area contributed by atoms with Crippen molar-refractivity contribution in [3.63, 3.8) is 0 Å². The van der Waals surface area contributed by atoms with Gasteiger partial charge in [0.1, 0.15) is 24.1 Å². The number of likely N-dealkylation sites (tertiary alicyclic amines) is 1. The average molecular weight is 423 g/mol. The van der Waals surface area contributed by atoms with Gasteiger partial charge in [-0.15, -0.1) is 0 Å². The molecular weight excluding hydrogens is 398 g/mol. The zero-order chi connectivity index (χ0) is 20.5. The van der Waals surface area contributed by atoms with Gasteiger partial charge in [0.25, 0.3) is 0 Å². The zero-order valence-corrected chi connectivity index (χ0v) is 16.6. The number of carbonyl (C=O) groups is 1. The normalized spacial score (nSPS) is 28.9. The number of carbonyl (C=O) groups excluding carboxylic acids is 1. The molecule has 4 heterocycles. The number of aliphatic hydroxyl groups excluding tert-OH is 2. The summed E-state index contributed by atoms with van der Waals surface area (Å²) in [6, 6.07) is 0. The number of imidazole rings is 1. The molecule has 2 saturated heterocycles. The summed E-state index contributed by atoms with van der Waals surface area (Å²) in [5, 5.41) is 21.4. The van der Waals surface area contributed by atoms with Crippen LogP contribution in [0.25, 0.3) is 11.2 Å². The lowest BCUT2D eigenvalue weighted by Gasteiger charge is -2.31. The Balaban J connectivity index is 1.36. The molecule has 2 fully saturated rings. The van der Waals surface area contributed by atoms with Crippen molar-refractivity contribution in [3.05, 3.63) is 12.7 Å². The topological polar surface area (TPSA) is 166 Å². The van der Waals surface area contributed by atoms with E-state index in [-0.39, 0.29) is 11.7 Å². The number of hydrogen-bond acceptors (Lipinski definition) is 10. The van der Waals surface area contributed by atoms with Gasteiger partial charge in [0.2, 0.25) is 5.91 Å². The molecule has 1 amide bonds. The Morgan fingerprint density at radius 1 is 1.24 bits per heavy atom. The quantitative estimate of drug-likeness (QED) is 0.439. The molecule has 2 aliphatic heterocycles. The van der Waals surface area contributed by atoms with Crippen LogP contribution in [0.2, 0.25) is 0 Å². The molecule has 0 aliphatic carbocycles. The first-order valence-electron chi connectivity index (χ1n) is 9.51. The summed E-state index contributed by atoms with van der Waals surface area (Å²) < 4.78 is 7.55. The number of piperidine rings is 1. The molecule has 0 saturated carbocycles. The first-order valence-corrected chi connectivity index (χ1v) is 10.6. The molecule has 6 N–H and O–H groups in total. The Morgan fingerprint density at radius 2 is 2.00 bits per heavy atom. The number of nitrogens with two attached hydrogens (primary N) is 2. The molecule has 4 atom stereocenters. The van der Waals surface area contributed by atoms with Crippen LogP contribution in [0.5, 0.6) is 0 Å². The number of anilines is 1. The third-order valence-electron chi connectivity index (χ3n) is 5.41. The highest BCUT2D eigenvalue weighted by Gasteiger charge is 2.44. The average Bonchev–Trinajstić information content (AvgIpc) is 3.24. The van der Waals surface area contributed by atoms with Gasteiger partial charge in [0.15, 0.2) is 17.7 Å². The maximum atomic E-state index is 11.0. The molecular formula is C17H25N7O4S. The first kappa shape index (κ1) is 20.3. The number of rotatable bonds is 6. The zero-order valence-electron chi connectivity index (χ0n) is 15.8. The van der Waals surface area contributed by atoms with Gasteiger partial charge in [-0.3, -0.25) is 14.3 Å². The van der Waals surface area contributed by atoms with E-state index in [9.17, 15) is 15.0 Å². The largest absolute Gasteiger partial charge is 0.387 e. The van der Waals surface area contributed by atoms with Crippen molar-refractivity contribution in [3.8, 4) is 0 Å². The van der Waals surface area contributed by atoms with Crippen LogP contribution < -0.4 is 11.5 Å². The van der Waals surface area contributed by atoms with Crippen LogP contribution in [-0.4, -0.2) is 89.5 Å². The van der Waals surface area contributed by atoms with Gasteiger partial charge in [-0.2, -0.15) is 11.8 Å². The van der Waals surface area contributed by atoms with E-state index >= 15 is 0 Å². The summed E-state index contributed by atoms with van der Waals surface area (Å²) in [6.07, 6.45) is 1.26. The second kappa shape index (κ2) is 8.40. The molecule has 4 rings (SSSR count). The standard InChI is InChI=1S/C17H25N7O4S/c18-11(25)5-23-3-1-9(2-4-23)29-6-10-13(26)14(27)17(28-10)24-8-22-12-15(19)20-7-21-16(12)24/h7-10,13-14,17,26-27H,1-6H2,(H2,18,25)(H2,19,20,21). The second-order valence-electron chi connectivity index (χ2n) is 7.40. The maximum Gasteiger partial charge on any atom is 0.231 e. The van der Waals surface area contributed by atoms with Gasteiger partial charge in [-0.25, -0.2) is 15.0 Å². The SMILES string of the molecule is NC(=O)CN1CCC(SCC2OC(n3cnc4c(N)ncnc43)C(O)C2O)CC1. The van der Waals surface area contributed by atoms with E-state index in [0.29, 0.717) is 28.7 Å². The summed E-state index contributed by atoms with van der Waals surface area (Å²) in [6.45, 7) is 1.94. The summed E-state index contributed by atoms with van der Waals surface area (Å²) >= 11 is 1.72. The third kappa shape index (κ3) is 4.16. The predicted octanol–water partition coefficient (Wildman–Crippen LogP) is -1.29. The van der Waals surface area contributed by atoms with Crippen LogP contribution in [0.15, 0.2) is 12.7 Å². The number of hydrogen-bond donors (Lipinski definition) is 4. The lowest BCUT2D eigenvalue weighted by Crippen LogP contribution is -2.40. The van der Waals surface area contributed by atoms with Gasteiger partial charge in [0.05, 0.1) is 19.0 Å². The minimum Gasteiger partial charge on any atom is -0.387 e. The van der Waals surface area contributed by atoms with E-state index in [1.807, 2.05) is 0 Å². The summed E-state index contributed by atoms with van der Waals surface area (Å²) in [4.78, 5) is 25.4. The van der Waals surface area contributed by atoms with Crippen molar-refractivity contribution in [1.29, 1.82) is 0 Å². The molecule has 2 aromatic rings. The number of nitrogens with zero attached hydrogens (tertiary/aromatic N) is 5. The van der Waals surface area contributed by atoms with Crippen molar-refractivity contribution in [2.24, 2.45) is 5.73 Å². The van der Waals surface area contributed by atoms with Crippen molar-refractivity contribution < 1.29 is 19.7 Å². The molecule has 29 heavy (non-hydrogen) atoms. The van der Waals surface area contributed by atoms with E-state index in [0.717, 1.165) is 25.9 Å². The van der Waals surface area contributed by atoms with Crippen LogP contribution >= 0.6 is 11.8 Å². The summed E-state index contributed by atoms with van der Waals surface area (Å²) in [5.74, 6) is 0.494. The maximum absolute atomic E-state index is 11.0. The van der Waals surface area contributed by atoms with Gasteiger partial charge in [-0.05, 0) is 25.9 Å². The van der Waals surface area contributed by atoms with E-state index in [4.69, 9.17) is 16.2 Å². The molecule has 2 aromatic heterocycles. The first-order chi connectivity index (χ1) is 13.9. The van der Waals surface area contributed by atoms with Gasteiger partial charge in [-0.1, -0.05) is 0 Å². The number of amides is 1. The van der Waals surface area contributed by atoms with E-state index in [1.165, 1.54) is 12.7 Å². The number of aliphatic hydroxyl groups is 2. The molecule has 2 aliphatic rings. The smallest absolute Gasteiger partial charge is 0.231 e. The van der Waals surface area contributed by atoms with Crippen molar-refractivity contribution in [2.45, 2.75) is 42.6 Å². The lowest BCUT2D eigenvalue weighted by molar-refractivity contribution is -0.119. The molecule has 0 radical (unpaired) electrons. The Kier molecular flexibility index (Phi) is 5.88. The Bertz CT molecular complexity index is 873. The number of fused-ring (bicyclic) bond motifs is 1. The van der Waals surface area contributed by atoms with Crippen molar-refractivity contribution in [1.82, 2.24) is 24.4 Å². The van der Waals surface area contributed by atoms with Crippen LogP contribution in [0.4, 0.5) is 5.82 Å². The minimum absolute atomic E-state index is 0.247. The highest BCUT2D eigenvalue weighted by atomic mass is 32.2. The lowest BCUT2D eigenvalue weighted by atomic mass is 10.1. The van der Waals surface area contributed by atoms with E-state index < -0.39 is 24.5 Å². The van der Waals surface area contributed by atoms with Crippen LogP contribution in [0.1, 0.15) is 19.1 Å². The summed E-state index contributed by atoms with van der Waals surface area (Å²) in [5.41, 5.74) is 11.9. The number of aromatic nitrogens is 4. The fourth-order valence-corrected chi connectivity index (χ4v) is 5.12. The fraction of sp³-hybridized carbons (Fsp3) is 0.647. The van der Waals surface area contributed by atoms with Crippen LogP contribution in [0, 0.1) is 0 Å². The number of nitrogen functional groups attached to an aromatic ring is 1.